The first-order valence-electron chi connectivity index (χ1n) is 14.2. The van der Waals surface area contributed by atoms with Crippen molar-refractivity contribution < 1.29 is 61.9 Å². The van der Waals surface area contributed by atoms with Crippen LogP contribution in [0.5, 0.6) is 0 Å². The predicted octanol–water partition coefficient (Wildman–Crippen LogP) is 8.58. The molecule has 3 aromatic carbocycles. The first-order valence-corrected chi connectivity index (χ1v) is 14.2. The van der Waals surface area contributed by atoms with Gasteiger partial charge in [0.15, 0.2) is 11.6 Å². The summed E-state index contributed by atoms with van der Waals surface area (Å²) in [6.45, 7) is 5.70. The van der Waals surface area contributed by atoms with Gasteiger partial charge in [-0.15, -0.1) is 58.3 Å². The van der Waals surface area contributed by atoms with Crippen molar-refractivity contribution in [2.24, 2.45) is 0 Å². The Balaban J connectivity index is 0.000000408. The van der Waals surface area contributed by atoms with E-state index in [0.29, 0.717) is 0 Å². The number of ketones is 2. The Kier molecular flexibility index (Phi) is 15.4. The van der Waals surface area contributed by atoms with E-state index >= 15 is 0 Å². The minimum absolute atomic E-state index is 0. The molecule has 0 amide bonds. The number of fused-ring (bicyclic) bond motifs is 3. The summed E-state index contributed by atoms with van der Waals surface area (Å²) >= 11 is 0. The average Bonchev–Trinajstić information content (AvgIpc) is 3.34. The number of aromatic nitrogens is 3. The molecule has 0 aliphatic carbocycles. The summed E-state index contributed by atoms with van der Waals surface area (Å²) < 4.78 is 2.30. The molecule has 0 saturated carbocycles. The molecule has 3 heterocycles. The quantitative estimate of drug-likeness (QED) is 0.102. The van der Waals surface area contributed by atoms with Gasteiger partial charge in [-0.1, -0.05) is 42.5 Å². The third-order valence-corrected chi connectivity index (χ3v) is 6.35. The monoisotopic (exact) mass is 985 g/mol. The van der Waals surface area contributed by atoms with Crippen LogP contribution in [-0.2, 0) is 51.7 Å². The van der Waals surface area contributed by atoms with Gasteiger partial charge in [0.25, 0.3) is 0 Å². The standard InChI is InChI=1S/C28H17N3.2C5H8O2.2Pt/c1-2-8-22(9-3-1)31-27-18-20(25-10-4-6-16-29-25)12-14-23(27)24-15-13-21(19-28(24)31)26-11-5-7-17-30-26;2*1-4(6)3-5(2)7;;/h1-11,14-19H;2*3,6H,1-2H3;;/q-2;;;;/b;2*4-3-;;. The van der Waals surface area contributed by atoms with Crippen LogP contribution in [-0.4, -0.2) is 36.3 Å². The van der Waals surface area contributed by atoms with Crippen LogP contribution in [0, 0.1) is 12.1 Å². The summed E-state index contributed by atoms with van der Waals surface area (Å²) in [6, 6.07) is 37.7. The fourth-order valence-corrected chi connectivity index (χ4v) is 4.67. The number of carbonyl (C=O) groups is 2. The first-order chi connectivity index (χ1) is 21.6. The number of aliphatic hydroxyl groups excluding tert-OH is 2. The molecule has 0 fully saturated rings. The molecule has 6 aromatic rings. The SMILES string of the molecule is CC(=O)/C=C(/C)O.CC(=O)/C=C(/C)O.[Pt].[Pt].[c-]1cc2c3c[c-]c(-c4ccccn4)cc3n(-c3ccccc3)c2cc1-c1ccccn1. The van der Waals surface area contributed by atoms with E-state index in [-0.39, 0.29) is 65.2 Å². The maximum atomic E-state index is 10.0. The Hall–Kier alpha value is -4.44. The number of aliphatic hydroxyl groups is 2. The molecule has 7 nitrogen and oxygen atoms in total. The van der Waals surface area contributed by atoms with E-state index < -0.39 is 0 Å². The van der Waals surface area contributed by atoms with Crippen molar-refractivity contribution in [1.82, 2.24) is 14.5 Å². The van der Waals surface area contributed by atoms with Gasteiger partial charge < -0.3 is 24.7 Å². The maximum absolute atomic E-state index is 10.0. The van der Waals surface area contributed by atoms with Crippen LogP contribution >= 0.6 is 0 Å². The molecule has 246 valence electrons. The largest absolute Gasteiger partial charge is 0.512 e. The minimum Gasteiger partial charge on any atom is -0.512 e. The molecular formula is C38H33N3O4Pt2-2. The minimum atomic E-state index is -0.125. The van der Waals surface area contributed by atoms with E-state index in [1.807, 2.05) is 54.9 Å². The molecular weight excluding hydrogens is 953 g/mol. The van der Waals surface area contributed by atoms with Gasteiger partial charge in [0, 0.05) is 72.4 Å². The fourth-order valence-electron chi connectivity index (χ4n) is 4.67. The summed E-state index contributed by atoms with van der Waals surface area (Å²) in [5, 5.41) is 19.0. The summed E-state index contributed by atoms with van der Waals surface area (Å²) in [4.78, 5) is 29.1. The summed E-state index contributed by atoms with van der Waals surface area (Å²) in [7, 11) is 0. The second-order valence-electron chi connectivity index (χ2n) is 10.2. The molecule has 3 aromatic heterocycles. The van der Waals surface area contributed by atoms with E-state index in [9.17, 15) is 9.59 Å². The molecule has 0 saturated heterocycles. The van der Waals surface area contributed by atoms with E-state index in [1.165, 1.54) is 39.8 Å². The Bertz CT molecular complexity index is 1860. The second-order valence-corrected chi connectivity index (χ2v) is 10.2. The van der Waals surface area contributed by atoms with Crippen molar-refractivity contribution in [3.8, 4) is 28.2 Å². The zero-order valence-electron chi connectivity index (χ0n) is 26.2. The number of carbonyl (C=O) groups excluding carboxylic acids is 2. The van der Waals surface area contributed by atoms with Crippen LogP contribution in [0.3, 0.4) is 0 Å². The van der Waals surface area contributed by atoms with Crippen LogP contribution < -0.4 is 0 Å². The van der Waals surface area contributed by atoms with Crippen molar-refractivity contribution in [3.63, 3.8) is 0 Å². The fraction of sp³-hybridized carbons (Fsp3) is 0.105. The van der Waals surface area contributed by atoms with Gasteiger partial charge >= 0.3 is 0 Å². The van der Waals surface area contributed by atoms with Gasteiger partial charge in [0.2, 0.25) is 0 Å². The molecule has 2 N–H and O–H groups in total. The third-order valence-electron chi connectivity index (χ3n) is 6.35. The molecule has 0 spiro atoms. The van der Waals surface area contributed by atoms with Crippen molar-refractivity contribution in [3.05, 3.63) is 139 Å². The predicted molar refractivity (Wildman–Crippen MR) is 179 cm³/mol. The Morgan fingerprint density at radius 2 is 1.04 bits per heavy atom. The van der Waals surface area contributed by atoms with Gasteiger partial charge in [-0.25, -0.2) is 0 Å². The molecule has 0 unspecified atom stereocenters. The number of hydrogen-bond donors (Lipinski definition) is 2. The summed E-state index contributed by atoms with van der Waals surface area (Å²) in [5.41, 5.74) is 7.12. The van der Waals surface area contributed by atoms with E-state index in [0.717, 1.165) is 50.0 Å². The summed E-state index contributed by atoms with van der Waals surface area (Å²) in [5.74, 6) is -0.125. The molecule has 0 aliphatic heterocycles. The number of allylic oxidation sites excluding steroid dienone is 4. The molecule has 47 heavy (non-hydrogen) atoms. The number of hydrogen-bond acceptors (Lipinski definition) is 6. The Labute approximate surface area is 303 Å². The molecule has 0 radical (unpaired) electrons. The van der Waals surface area contributed by atoms with Crippen LogP contribution in [0.4, 0.5) is 0 Å². The smallest absolute Gasteiger partial charge is 0.155 e. The summed E-state index contributed by atoms with van der Waals surface area (Å²) in [6.07, 6.45) is 5.96. The van der Waals surface area contributed by atoms with Gasteiger partial charge in [0.05, 0.1) is 11.5 Å². The van der Waals surface area contributed by atoms with Crippen LogP contribution in [0.2, 0.25) is 0 Å². The second kappa shape index (κ2) is 18.6. The third kappa shape index (κ3) is 10.8. The van der Waals surface area contributed by atoms with Gasteiger partial charge in [-0.3, -0.25) is 9.59 Å². The van der Waals surface area contributed by atoms with Gasteiger partial charge in [-0.2, -0.15) is 0 Å². The zero-order valence-corrected chi connectivity index (χ0v) is 30.7. The van der Waals surface area contributed by atoms with Crippen molar-refractivity contribution in [1.29, 1.82) is 0 Å². The van der Waals surface area contributed by atoms with E-state index in [4.69, 9.17) is 10.2 Å². The van der Waals surface area contributed by atoms with E-state index in [2.05, 4.69) is 75.2 Å². The zero-order chi connectivity index (χ0) is 32.3. The van der Waals surface area contributed by atoms with Crippen molar-refractivity contribution in [2.45, 2.75) is 27.7 Å². The first kappa shape index (κ1) is 38.7. The number of rotatable bonds is 5. The number of benzene rings is 3. The van der Waals surface area contributed by atoms with Gasteiger partial charge in [-0.05, 0) is 74.4 Å². The molecule has 0 atom stereocenters. The Morgan fingerprint density at radius 3 is 1.36 bits per heavy atom. The topological polar surface area (TPSA) is 105 Å². The molecule has 9 heteroatoms. The van der Waals surface area contributed by atoms with E-state index in [1.54, 1.807) is 0 Å². The van der Waals surface area contributed by atoms with Crippen LogP contribution in [0.15, 0.2) is 127 Å². The number of pyridine rings is 2. The molecule has 0 aliphatic rings. The Morgan fingerprint density at radius 1 is 0.638 bits per heavy atom. The average molecular weight is 986 g/mol. The van der Waals surface area contributed by atoms with Gasteiger partial charge in [0.1, 0.15) is 0 Å². The normalized spacial score (nSPS) is 10.8. The van der Waals surface area contributed by atoms with Crippen molar-refractivity contribution >= 4 is 33.4 Å². The number of nitrogens with zero attached hydrogens (tertiary/aromatic N) is 3. The van der Waals surface area contributed by atoms with Crippen LogP contribution in [0.25, 0.3) is 50.0 Å². The maximum Gasteiger partial charge on any atom is 0.155 e. The van der Waals surface area contributed by atoms with Crippen LogP contribution in [0.1, 0.15) is 27.7 Å². The number of para-hydroxylation sites is 1. The molecule has 0 bridgehead atoms. The molecule has 6 rings (SSSR count). The van der Waals surface area contributed by atoms with Crippen molar-refractivity contribution in [2.75, 3.05) is 0 Å².